The fraction of sp³-hybridized carbons (Fsp3) is 0.350. The molecule has 0 aliphatic rings. The van der Waals surface area contributed by atoms with Gasteiger partial charge in [-0.1, -0.05) is 18.2 Å². The predicted molar refractivity (Wildman–Crippen MR) is 100 cm³/mol. The Kier molecular flexibility index (Phi) is 7.14. The van der Waals surface area contributed by atoms with Crippen LogP contribution in [0.5, 0.6) is 5.75 Å². The fourth-order valence-corrected chi connectivity index (χ4v) is 2.66. The van der Waals surface area contributed by atoms with E-state index in [-0.39, 0.29) is 11.8 Å². The average molecular weight is 355 g/mol. The molecule has 1 heterocycles. The first kappa shape index (κ1) is 19.4. The molecule has 2 N–H and O–H groups in total. The van der Waals surface area contributed by atoms with Crippen molar-refractivity contribution >= 4 is 11.8 Å². The standard InChI is InChI=1S/C20H25N3O3/c1-14-12-22-17(15(2)19(14)26-3)13-23-18(24)10-7-11-21-20(25)16-8-5-4-6-9-16/h4-6,8-9,12H,7,10-11,13H2,1-3H3,(H,21,25)(H,23,24). The topological polar surface area (TPSA) is 80.3 Å². The number of methoxy groups -OCH3 is 1. The molecule has 0 fully saturated rings. The maximum absolute atomic E-state index is 12.0. The Hall–Kier alpha value is -2.89. The van der Waals surface area contributed by atoms with E-state index >= 15 is 0 Å². The molecule has 26 heavy (non-hydrogen) atoms. The largest absolute Gasteiger partial charge is 0.496 e. The molecular weight excluding hydrogens is 330 g/mol. The Morgan fingerprint density at radius 3 is 2.54 bits per heavy atom. The van der Waals surface area contributed by atoms with Crippen LogP contribution >= 0.6 is 0 Å². The van der Waals surface area contributed by atoms with Crippen molar-refractivity contribution in [3.05, 3.63) is 58.9 Å². The molecule has 2 amide bonds. The maximum Gasteiger partial charge on any atom is 0.251 e. The van der Waals surface area contributed by atoms with E-state index in [0.29, 0.717) is 31.5 Å². The summed E-state index contributed by atoms with van der Waals surface area (Å²) in [5, 5.41) is 5.67. The molecule has 138 valence electrons. The highest BCUT2D eigenvalue weighted by Gasteiger charge is 2.10. The van der Waals surface area contributed by atoms with Crippen LogP contribution < -0.4 is 15.4 Å². The summed E-state index contributed by atoms with van der Waals surface area (Å²) in [4.78, 5) is 28.2. The smallest absolute Gasteiger partial charge is 0.251 e. The summed E-state index contributed by atoms with van der Waals surface area (Å²) in [5.41, 5.74) is 3.31. The highest BCUT2D eigenvalue weighted by atomic mass is 16.5. The van der Waals surface area contributed by atoms with Crippen molar-refractivity contribution < 1.29 is 14.3 Å². The van der Waals surface area contributed by atoms with Gasteiger partial charge in [0, 0.05) is 35.9 Å². The normalized spacial score (nSPS) is 10.3. The quantitative estimate of drug-likeness (QED) is 0.713. The van der Waals surface area contributed by atoms with Crippen molar-refractivity contribution in [3.63, 3.8) is 0 Å². The SMILES string of the molecule is COc1c(C)cnc(CNC(=O)CCCNC(=O)c2ccccc2)c1C. The summed E-state index contributed by atoms with van der Waals surface area (Å²) in [7, 11) is 1.63. The van der Waals surface area contributed by atoms with Gasteiger partial charge in [0.15, 0.2) is 0 Å². The molecule has 6 nitrogen and oxygen atoms in total. The van der Waals surface area contributed by atoms with Gasteiger partial charge in [-0.2, -0.15) is 0 Å². The lowest BCUT2D eigenvalue weighted by atomic mass is 10.1. The number of pyridine rings is 1. The van der Waals surface area contributed by atoms with Crippen molar-refractivity contribution in [1.82, 2.24) is 15.6 Å². The van der Waals surface area contributed by atoms with Crippen LogP contribution in [0.1, 0.15) is 40.0 Å². The molecule has 1 aromatic carbocycles. The van der Waals surface area contributed by atoms with Crippen molar-refractivity contribution in [1.29, 1.82) is 0 Å². The lowest BCUT2D eigenvalue weighted by molar-refractivity contribution is -0.121. The average Bonchev–Trinajstić information content (AvgIpc) is 2.65. The van der Waals surface area contributed by atoms with Crippen molar-refractivity contribution in [2.45, 2.75) is 33.2 Å². The number of benzene rings is 1. The minimum atomic E-state index is -0.127. The molecular formula is C20H25N3O3. The number of nitrogens with zero attached hydrogens (tertiary/aromatic N) is 1. The van der Waals surface area contributed by atoms with Gasteiger partial charge in [0.2, 0.25) is 5.91 Å². The molecule has 6 heteroatoms. The monoisotopic (exact) mass is 355 g/mol. The van der Waals surface area contributed by atoms with Crippen LogP contribution in [-0.4, -0.2) is 30.5 Å². The first-order valence-electron chi connectivity index (χ1n) is 8.62. The van der Waals surface area contributed by atoms with Crippen molar-refractivity contribution in [2.75, 3.05) is 13.7 Å². The van der Waals surface area contributed by atoms with Crippen LogP contribution in [0.2, 0.25) is 0 Å². The number of aromatic nitrogens is 1. The molecule has 0 aliphatic heterocycles. The highest BCUT2D eigenvalue weighted by molar-refractivity contribution is 5.94. The molecule has 0 spiro atoms. The first-order valence-corrected chi connectivity index (χ1v) is 8.62. The second-order valence-electron chi connectivity index (χ2n) is 6.05. The zero-order valence-electron chi connectivity index (χ0n) is 15.5. The molecule has 0 atom stereocenters. The van der Waals surface area contributed by atoms with E-state index in [9.17, 15) is 9.59 Å². The minimum Gasteiger partial charge on any atom is -0.496 e. The van der Waals surface area contributed by atoms with Gasteiger partial charge in [-0.05, 0) is 32.4 Å². The summed E-state index contributed by atoms with van der Waals surface area (Å²) in [6.07, 6.45) is 2.66. The van der Waals surface area contributed by atoms with E-state index in [0.717, 1.165) is 22.6 Å². The molecule has 0 bridgehead atoms. The van der Waals surface area contributed by atoms with Crippen LogP contribution in [0.25, 0.3) is 0 Å². The number of hydrogen-bond acceptors (Lipinski definition) is 4. The minimum absolute atomic E-state index is 0.0697. The Labute approximate surface area is 154 Å². The van der Waals surface area contributed by atoms with Crippen LogP contribution in [0.4, 0.5) is 0 Å². The Morgan fingerprint density at radius 1 is 1.12 bits per heavy atom. The van der Waals surface area contributed by atoms with E-state index in [1.165, 1.54) is 0 Å². The Bertz CT molecular complexity index is 760. The van der Waals surface area contributed by atoms with Gasteiger partial charge in [-0.25, -0.2) is 0 Å². The first-order chi connectivity index (χ1) is 12.5. The highest BCUT2D eigenvalue weighted by Crippen LogP contribution is 2.23. The fourth-order valence-electron chi connectivity index (χ4n) is 2.66. The van der Waals surface area contributed by atoms with Gasteiger partial charge in [-0.15, -0.1) is 0 Å². The molecule has 1 aromatic heterocycles. The second kappa shape index (κ2) is 9.56. The third kappa shape index (κ3) is 5.31. The molecule has 0 unspecified atom stereocenters. The van der Waals surface area contributed by atoms with E-state index in [1.54, 1.807) is 25.4 Å². The summed E-state index contributed by atoms with van der Waals surface area (Å²) < 4.78 is 5.37. The number of hydrogen-bond donors (Lipinski definition) is 2. The number of amides is 2. The maximum atomic E-state index is 12.0. The van der Waals surface area contributed by atoms with Crippen molar-refractivity contribution in [2.24, 2.45) is 0 Å². The molecule has 0 saturated heterocycles. The van der Waals surface area contributed by atoms with Crippen LogP contribution in [-0.2, 0) is 11.3 Å². The predicted octanol–water partition coefficient (Wildman–Crippen LogP) is 2.53. The zero-order chi connectivity index (χ0) is 18.9. The van der Waals surface area contributed by atoms with Gasteiger partial charge < -0.3 is 15.4 Å². The molecule has 2 rings (SSSR count). The van der Waals surface area contributed by atoms with E-state index in [4.69, 9.17) is 4.74 Å². The lowest BCUT2D eigenvalue weighted by Crippen LogP contribution is -2.27. The number of ether oxygens (including phenoxy) is 1. The molecule has 0 radical (unpaired) electrons. The lowest BCUT2D eigenvalue weighted by Gasteiger charge is -2.13. The molecule has 0 saturated carbocycles. The summed E-state index contributed by atoms with van der Waals surface area (Å²) in [6, 6.07) is 9.01. The summed E-state index contributed by atoms with van der Waals surface area (Å²) in [6.45, 7) is 4.68. The third-order valence-corrected chi connectivity index (χ3v) is 4.10. The van der Waals surface area contributed by atoms with Crippen molar-refractivity contribution in [3.8, 4) is 5.75 Å². The number of nitrogens with one attached hydrogen (secondary N) is 2. The van der Waals surface area contributed by atoms with Gasteiger partial charge >= 0.3 is 0 Å². The second-order valence-corrected chi connectivity index (χ2v) is 6.05. The summed E-state index contributed by atoms with van der Waals surface area (Å²) >= 11 is 0. The summed E-state index contributed by atoms with van der Waals surface area (Å²) in [5.74, 6) is 0.602. The van der Waals surface area contributed by atoms with Gasteiger partial charge in [0.05, 0.1) is 19.3 Å². The van der Waals surface area contributed by atoms with Crippen LogP contribution in [0, 0.1) is 13.8 Å². The van der Waals surface area contributed by atoms with Gasteiger partial charge in [0.25, 0.3) is 5.91 Å². The number of carbonyl (C=O) groups excluding carboxylic acids is 2. The number of carbonyl (C=O) groups is 2. The van der Waals surface area contributed by atoms with Crippen LogP contribution in [0.3, 0.4) is 0 Å². The van der Waals surface area contributed by atoms with E-state index in [2.05, 4.69) is 15.6 Å². The Balaban J connectivity index is 1.72. The molecule has 2 aromatic rings. The van der Waals surface area contributed by atoms with Gasteiger partial charge in [0.1, 0.15) is 5.75 Å². The number of aryl methyl sites for hydroxylation is 1. The van der Waals surface area contributed by atoms with E-state index in [1.807, 2.05) is 32.0 Å². The Morgan fingerprint density at radius 2 is 1.85 bits per heavy atom. The van der Waals surface area contributed by atoms with E-state index < -0.39 is 0 Å². The molecule has 0 aliphatic carbocycles. The zero-order valence-corrected chi connectivity index (χ0v) is 15.5. The number of rotatable bonds is 8. The van der Waals surface area contributed by atoms with Crippen LogP contribution in [0.15, 0.2) is 36.5 Å². The third-order valence-electron chi connectivity index (χ3n) is 4.10. The van der Waals surface area contributed by atoms with Gasteiger partial charge in [-0.3, -0.25) is 14.6 Å².